The lowest BCUT2D eigenvalue weighted by Crippen LogP contribution is -2.34. The van der Waals surface area contributed by atoms with Crippen LogP contribution in [0, 0.1) is 11.8 Å². The van der Waals surface area contributed by atoms with Crippen molar-refractivity contribution in [1.29, 1.82) is 0 Å². The van der Waals surface area contributed by atoms with E-state index < -0.39 is 17.7 Å². The Labute approximate surface area is 105 Å². The lowest BCUT2D eigenvalue weighted by atomic mass is 10.2. The van der Waals surface area contributed by atoms with E-state index in [-0.39, 0.29) is 5.56 Å². The van der Waals surface area contributed by atoms with Crippen molar-refractivity contribution < 1.29 is 18.3 Å². The highest BCUT2D eigenvalue weighted by Gasteiger charge is 2.20. The minimum absolute atomic E-state index is 0.305. The molecule has 0 fully saturated rings. The minimum atomic E-state index is -1.26. The average Bonchev–Trinajstić information content (AvgIpc) is 2.37. The molecular weight excluding hydrogens is 242 g/mol. The number of aromatic nitrogens is 1. The highest BCUT2D eigenvalue weighted by molar-refractivity contribution is 5.94. The van der Waals surface area contributed by atoms with Gasteiger partial charge in [-0.05, 0) is 19.9 Å². The number of nitrogens with zero attached hydrogens (tertiary/aromatic N) is 2. The molecule has 1 amide bonds. The zero-order valence-corrected chi connectivity index (χ0v) is 10.4. The molecule has 0 aliphatic carbocycles. The van der Waals surface area contributed by atoms with Crippen LogP contribution >= 0.6 is 0 Å². The molecule has 1 heterocycles. The summed E-state index contributed by atoms with van der Waals surface area (Å²) in [6.07, 6.45) is 1.07. The van der Waals surface area contributed by atoms with E-state index >= 15 is 0 Å². The molecule has 4 nitrogen and oxygen atoms in total. The molecule has 0 N–H and O–H groups in total. The van der Waals surface area contributed by atoms with Crippen molar-refractivity contribution in [3.05, 3.63) is 29.6 Å². The Morgan fingerprint density at radius 1 is 1.44 bits per heavy atom. The van der Waals surface area contributed by atoms with Crippen molar-refractivity contribution in [2.45, 2.75) is 13.8 Å². The first-order valence-corrected chi connectivity index (χ1v) is 5.78. The molecule has 0 bridgehead atoms. The third-order valence-electron chi connectivity index (χ3n) is 2.46. The standard InChI is InChI=1S/C12H16F2N2O2/c1-3-16(7-8-18-4-2)12(17)9-5-6-15-11(14)10(9)13/h5-6H,3-4,7-8H2,1-2H3. The zero-order chi connectivity index (χ0) is 13.5. The van der Waals surface area contributed by atoms with Crippen LogP contribution < -0.4 is 0 Å². The van der Waals surface area contributed by atoms with Gasteiger partial charge in [0.1, 0.15) is 0 Å². The van der Waals surface area contributed by atoms with Gasteiger partial charge in [0.2, 0.25) is 5.95 Å². The summed E-state index contributed by atoms with van der Waals surface area (Å²) in [6.45, 7) is 5.26. The fraction of sp³-hybridized carbons (Fsp3) is 0.500. The summed E-state index contributed by atoms with van der Waals surface area (Å²) in [5.74, 6) is -3.03. The molecule has 0 saturated carbocycles. The molecule has 0 spiro atoms. The molecule has 0 aliphatic heterocycles. The molecule has 0 unspecified atom stereocenters. The molecular formula is C12H16F2N2O2. The Kier molecular flexibility index (Phi) is 5.64. The Bertz CT molecular complexity index is 413. The third kappa shape index (κ3) is 3.46. The van der Waals surface area contributed by atoms with Crippen molar-refractivity contribution in [2.75, 3.05) is 26.3 Å². The number of hydrogen-bond acceptors (Lipinski definition) is 3. The maximum absolute atomic E-state index is 13.4. The van der Waals surface area contributed by atoms with Crippen LogP contribution in [0.1, 0.15) is 24.2 Å². The second kappa shape index (κ2) is 7.00. The van der Waals surface area contributed by atoms with Crippen LogP contribution in [0.5, 0.6) is 0 Å². The fourth-order valence-corrected chi connectivity index (χ4v) is 1.48. The number of ether oxygens (including phenoxy) is 1. The molecule has 100 valence electrons. The molecule has 18 heavy (non-hydrogen) atoms. The van der Waals surface area contributed by atoms with E-state index in [0.717, 1.165) is 6.20 Å². The Balaban J connectivity index is 2.80. The largest absolute Gasteiger partial charge is 0.380 e. The van der Waals surface area contributed by atoms with Gasteiger partial charge in [-0.15, -0.1) is 0 Å². The van der Waals surface area contributed by atoms with Crippen LogP contribution in [0.25, 0.3) is 0 Å². The quantitative estimate of drug-likeness (QED) is 0.577. The number of carbonyl (C=O) groups excluding carboxylic acids is 1. The van der Waals surface area contributed by atoms with Gasteiger partial charge in [-0.3, -0.25) is 4.79 Å². The van der Waals surface area contributed by atoms with E-state index in [4.69, 9.17) is 4.74 Å². The van der Waals surface area contributed by atoms with Gasteiger partial charge in [-0.2, -0.15) is 4.39 Å². The third-order valence-corrected chi connectivity index (χ3v) is 2.46. The summed E-state index contributed by atoms with van der Waals surface area (Å²) in [5, 5.41) is 0. The second-order valence-electron chi connectivity index (χ2n) is 3.55. The molecule has 0 aromatic carbocycles. The number of hydrogen-bond donors (Lipinski definition) is 0. The van der Waals surface area contributed by atoms with Crippen LogP contribution in [0.15, 0.2) is 12.3 Å². The van der Waals surface area contributed by atoms with Gasteiger partial charge < -0.3 is 9.64 Å². The van der Waals surface area contributed by atoms with Crippen LogP contribution in [0.4, 0.5) is 8.78 Å². The number of likely N-dealkylation sites (N-methyl/N-ethyl adjacent to an activating group) is 1. The molecule has 0 atom stereocenters. The Hall–Kier alpha value is -1.56. The normalized spacial score (nSPS) is 10.4. The van der Waals surface area contributed by atoms with Crippen molar-refractivity contribution in [3.63, 3.8) is 0 Å². The van der Waals surface area contributed by atoms with Crippen LogP contribution in [0.3, 0.4) is 0 Å². The smallest absolute Gasteiger partial charge is 0.257 e. The number of pyridine rings is 1. The van der Waals surface area contributed by atoms with E-state index in [1.807, 2.05) is 6.92 Å². The lowest BCUT2D eigenvalue weighted by molar-refractivity contribution is 0.0663. The van der Waals surface area contributed by atoms with Crippen LogP contribution in [-0.4, -0.2) is 42.1 Å². The van der Waals surface area contributed by atoms with Crippen molar-refractivity contribution >= 4 is 5.91 Å². The summed E-state index contributed by atoms with van der Waals surface area (Å²) in [4.78, 5) is 16.5. The number of amides is 1. The first-order valence-electron chi connectivity index (χ1n) is 5.78. The highest BCUT2D eigenvalue weighted by atomic mass is 19.2. The number of halogens is 2. The zero-order valence-electron chi connectivity index (χ0n) is 10.4. The van der Waals surface area contributed by atoms with Crippen LogP contribution in [-0.2, 0) is 4.74 Å². The molecule has 0 saturated heterocycles. The van der Waals surface area contributed by atoms with E-state index in [9.17, 15) is 13.6 Å². The first-order chi connectivity index (χ1) is 8.61. The topological polar surface area (TPSA) is 42.4 Å². The molecule has 1 aromatic heterocycles. The first kappa shape index (κ1) is 14.5. The summed E-state index contributed by atoms with van der Waals surface area (Å²) in [7, 11) is 0. The maximum atomic E-state index is 13.4. The molecule has 0 aliphatic rings. The molecule has 0 radical (unpaired) electrons. The van der Waals surface area contributed by atoms with E-state index in [1.54, 1.807) is 6.92 Å². The molecule has 1 rings (SSSR count). The Morgan fingerprint density at radius 2 is 2.17 bits per heavy atom. The van der Waals surface area contributed by atoms with E-state index in [0.29, 0.717) is 26.3 Å². The van der Waals surface area contributed by atoms with Gasteiger partial charge in [-0.25, -0.2) is 9.37 Å². The minimum Gasteiger partial charge on any atom is -0.380 e. The van der Waals surface area contributed by atoms with Gasteiger partial charge >= 0.3 is 0 Å². The summed E-state index contributed by atoms with van der Waals surface area (Å²) in [5.41, 5.74) is -0.305. The van der Waals surface area contributed by atoms with Gasteiger partial charge in [0.25, 0.3) is 5.91 Å². The number of rotatable bonds is 6. The van der Waals surface area contributed by atoms with E-state index in [1.165, 1.54) is 11.0 Å². The van der Waals surface area contributed by atoms with Crippen LogP contribution in [0.2, 0.25) is 0 Å². The van der Waals surface area contributed by atoms with Gasteiger partial charge in [0, 0.05) is 25.9 Å². The monoisotopic (exact) mass is 258 g/mol. The predicted octanol–water partition coefficient (Wildman–Crippen LogP) is 1.86. The SMILES string of the molecule is CCOCCN(CC)C(=O)c1ccnc(F)c1F. The van der Waals surface area contributed by atoms with Crippen molar-refractivity contribution in [3.8, 4) is 0 Å². The average molecular weight is 258 g/mol. The summed E-state index contributed by atoms with van der Waals surface area (Å²) < 4.78 is 31.5. The van der Waals surface area contributed by atoms with Crippen molar-refractivity contribution in [1.82, 2.24) is 9.88 Å². The summed E-state index contributed by atoms with van der Waals surface area (Å²) in [6, 6.07) is 1.17. The molecule has 6 heteroatoms. The van der Waals surface area contributed by atoms with E-state index in [2.05, 4.69) is 4.98 Å². The lowest BCUT2D eigenvalue weighted by Gasteiger charge is -2.20. The highest BCUT2D eigenvalue weighted by Crippen LogP contribution is 2.11. The fourth-order valence-electron chi connectivity index (χ4n) is 1.48. The second-order valence-corrected chi connectivity index (χ2v) is 3.55. The van der Waals surface area contributed by atoms with Crippen molar-refractivity contribution in [2.24, 2.45) is 0 Å². The number of carbonyl (C=O) groups is 1. The van der Waals surface area contributed by atoms with Gasteiger partial charge in [0.05, 0.1) is 12.2 Å². The summed E-state index contributed by atoms with van der Waals surface area (Å²) >= 11 is 0. The Morgan fingerprint density at radius 3 is 2.78 bits per heavy atom. The van der Waals surface area contributed by atoms with Gasteiger partial charge in [0.15, 0.2) is 5.82 Å². The predicted molar refractivity (Wildman–Crippen MR) is 62.2 cm³/mol. The van der Waals surface area contributed by atoms with Gasteiger partial charge in [-0.1, -0.05) is 0 Å². The molecule has 1 aromatic rings. The maximum Gasteiger partial charge on any atom is 0.257 e.